The van der Waals surface area contributed by atoms with Crippen LogP contribution in [0.3, 0.4) is 0 Å². The van der Waals surface area contributed by atoms with Gasteiger partial charge in [0.2, 0.25) is 0 Å². The van der Waals surface area contributed by atoms with Crippen molar-refractivity contribution in [2.75, 3.05) is 58.8 Å². The van der Waals surface area contributed by atoms with Gasteiger partial charge in [0.1, 0.15) is 0 Å². The molecule has 0 bridgehead atoms. The Morgan fingerprint density at radius 1 is 1.00 bits per heavy atom. The van der Waals surface area contributed by atoms with Crippen LogP contribution in [0, 0.1) is 0 Å². The van der Waals surface area contributed by atoms with Gasteiger partial charge in [-0.1, -0.05) is 18.2 Å². The second kappa shape index (κ2) is 8.46. The lowest BCUT2D eigenvalue weighted by Gasteiger charge is -2.50. The number of carbonyl (C=O) groups excluding carboxylic acids is 2. The molecule has 3 aliphatic heterocycles. The number of hydrogen-bond acceptors (Lipinski definition) is 4. The predicted molar refractivity (Wildman–Crippen MR) is 117 cm³/mol. The Labute approximate surface area is 179 Å². The largest absolute Gasteiger partial charge is 0.453 e. The molecule has 3 heterocycles. The van der Waals surface area contributed by atoms with Crippen molar-refractivity contribution in [1.82, 2.24) is 14.7 Å². The molecule has 2 saturated heterocycles. The van der Waals surface area contributed by atoms with Crippen LogP contribution in [0.15, 0.2) is 24.3 Å². The third-order valence-electron chi connectivity index (χ3n) is 7.36. The lowest BCUT2D eigenvalue weighted by atomic mass is 9.67. The SMILES string of the molecule is COC(=O)N1CCC(N2CCC3(CCN(C(=O)N(C)C)c4ccccc43)CC2)CC1. The minimum Gasteiger partial charge on any atom is -0.453 e. The molecule has 3 amide bonds. The summed E-state index contributed by atoms with van der Waals surface area (Å²) < 4.78 is 4.86. The van der Waals surface area contributed by atoms with E-state index < -0.39 is 0 Å². The van der Waals surface area contributed by atoms with Crippen molar-refractivity contribution in [2.45, 2.75) is 43.6 Å². The van der Waals surface area contributed by atoms with Crippen LogP contribution in [0.5, 0.6) is 0 Å². The van der Waals surface area contributed by atoms with E-state index in [9.17, 15) is 9.59 Å². The molecule has 0 radical (unpaired) electrons. The van der Waals surface area contributed by atoms with E-state index in [0.717, 1.165) is 70.5 Å². The maximum Gasteiger partial charge on any atom is 0.409 e. The third-order valence-corrected chi connectivity index (χ3v) is 7.36. The average molecular weight is 415 g/mol. The molecule has 3 aliphatic rings. The fourth-order valence-corrected chi connectivity index (χ4v) is 5.56. The second-order valence-corrected chi connectivity index (χ2v) is 9.10. The quantitative estimate of drug-likeness (QED) is 0.708. The standard InChI is InChI=1S/C23H34N4O3/c1-24(2)21(28)27-17-12-23(19-6-4-5-7-20(19)27)10-15-25(16-11-23)18-8-13-26(14-9-18)22(29)30-3/h4-7,18H,8-17H2,1-3H3. The van der Waals surface area contributed by atoms with Crippen LogP contribution in [0.4, 0.5) is 15.3 Å². The van der Waals surface area contributed by atoms with Crippen LogP contribution in [-0.2, 0) is 10.2 Å². The van der Waals surface area contributed by atoms with E-state index in [0.29, 0.717) is 6.04 Å². The highest BCUT2D eigenvalue weighted by atomic mass is 16.5. The number of hydrogen-bond donors (Lipinski definition) is 0. The number of methoxy groups -OCH3 is 1. The van der Waals surface area contributed by atoms with Gasteiger partial charge in [-0.25, -0.2) is 9.59 Å². The Bertz CT molecular complexity index is 780. The number of benzene rings is 1. The highest BCUT2D eigenvalue weighted by molar-refractivity contribution is 5.93. The fourth-order valence-electron chi connectivity index (χ4n) is 5.56. The van der Waals surface area contributed by atoms with E-state index in [-0.39, 0.29) is 17.5 Å². The number of carbonyl (C=O) groups is 2. The van der Waals surface area contributed by atoms with Crippen molar-refractivity contribution in [2.24, 2.45) is 0 Å². The smallest absolute Gasteiger partial charge is 0.409 e. The van der Waals surface area contributed by atoms with Crippen LogP contribution in [0.2, 0.25) is 0 Å². The van der Waals surface area contributed by atoms with E-state index in [1.165, 1.54) is 12.7 Å². The zero-order chi connectivity index (χ0) is 21.3. The van der Waals surface area contributed by atoms with Gasteiger partial charge >= 0.3 is 12.1 Å². The van der Waals surface area contributed by atoms with Crippen molar-refractivity contribution in [1.29, 1.82) is 0 Å². The van der Waals surface area contributed by atoms with Gasteiger partial charge in [-0.15, -0.1) is 0 Å². The van der Waals surface area contributed by atoms with Gasteiger partial charge in [-0.2, -0.15) is 0 Å². The Balaban J connectivity index is 1.43. The number of ether oxygens (including phenoxy) is 1. The molecule has 1 aromatic carbocycles. The Hall–Kier alpha value is -2.28. The molecular formula is C23H34N4O3. The molecule has 0 aliphatic carbocycles. The topological polar surface area (TPSA) is 56.3 Å². The molecule has 2 fully saturated rings. The Kier molecular flexibility index (Phi) is 5.91. The number of rotatable bonds is 1. The van der Waals surface area contributed by atoms with E-state index in [2.05, 4.69) is 23.1 Å². The first-order chi connectivity index (χ1) is 14.4. The van der Waals surface area contributed by atoms with E-state index >= 15 is 0 Å². The molecule has 7 heteroatoms. The second-order valence-electron chi connectivity index (χ2n) is 9.10. The van der Waals surface area contributed by atoms with Crippen molar-refractivity contribution in [3.63, 3.8) is 0 Å². The number of piperidine rings is 2. The summed E-state index contributed by atoms with van der Waals surface area (Å²) in [5.41, 5.74) is 2.59. The van der Waals surface area contributed by atoms with E-state index in [4.69, 9.17) is 4.74 Å². The van der Waals surface area contributed by atoms with E-state index in [1.54, 1.807) is 4.90 Å². The maximum absolute atomic E-state index is 12.7. The average Bonchev–Trinajstić information content (AvgIpc) is 2.79. The zero-order valence-electron chi connectivity index (χ0n) is 18.5. The van der Waals surface area contributed by atoms with Gasteiger partial charge in [0, 0.05) is 50.9 Å². The summed E-state index contributed by atoms with van der Waals surface area (Å²) in [5.74, 6) is 0. The van der Waals surface area contributed by atoms with E-state index in [1.807, 2.05) is 30.0 Å². The summed E-state index contributed by atoms with van der Waals surface area (Å²) >= 11 is 0. The maximum atomic E-state index is 12.7. The molecule has 1 spiro atoms. The summed E-state index contributed by atoms with van der Waals surface area (Å²) in [4.78, 5) is 32.5. The summed E-state index contributed by atoms with van der Waals surface area (Å²) in [7, 11) is 5.09. The minimum atomic E-state index is -0.207. The summed E-state index contributed by atoms with van der Waals surface area (Å²) in [6.07, 6.45) is 5.11. The number of urea groups is 1. The van der Waals surface area contributed by atoms with Crippen LogP contribution in [-0.4, -0.2) is 86.8 Å². The van der Waals surface area contributed by atoms with Gasteiger partial charge in [0.05, 0.1) is 7.11 Å². The molecule has 1 aromatic rings. The number of fused-ring (bicyclic) bond motifs is 2. The summed E-state index contributed by atoms with van der Waals surface area (Å²) in [6.45, 7) is 4.51. The lowest BCUT2D eigenvalue weighted by molar-refractivity contribution is 0.0590. The van der Waals surface area contributed by atoms with Gasteiger partial charge < -0.3 is 19.4 Å². The van der Waals surface area contributed by atoms with Crippen LogP contribution < -0.4 is 4.90 Å². The van der Waals surface area contributed by atoms with Gasteiger partial charge in [0.15, 0.2) is 0 Å². The van der Waals surface area contributed by atoms with Crippen molar-refractivity contribution < 1.29 is 14.3 Å². The lowest BCUT2D eigenvalue weighted by Crippen LogP contribution is -2.54. The molecule has 7 nitrogen and oxygen atoms in total. The fraction of sp³-hybridized carbons (Fsp3) is 0.652. The monoisotopic (exact) mass is 414 g/mol. The van der Waals surface area contributed by atoms with Crippen molar-refractivity contribution in [3.8, 4) is 0 Å². The normalized spacial score (nSPS) is 22.0. The van der Waals surface area contributed by atoms with Crippen LogP contribution in [0.25, 0.3) is 0 Å². The predicted octanol–water partition coefficient (Wildman–Crippen LogP) is 3.14. The van der Waals surface area contributed by atoms with Gasteiger partial charge in [-0.05, 0) is 56.8 Å². The van der Waals surface area contributed by atoms with Crippen molar-refractivity contribution >= 4 is 17.8 Å². The molecule has 0 atom stereocenters. The number of likely N-dealkylation sites (tertiary alicyclic amines) is 2. The number of amides is 3. The first kappa shape index (κ1) is 21.0. The molecular weight excluding hydrogens is 380 g/mol. The van der Waals surface area contributed by atoms with Crippen LogP contribution in [0.1, 0.15) is 37.7 Å². The Morgan fingerprint density at radius 2 is 1.63 bits per heavy atom. The van der Waals surface area contributed by atoms with Crippen molar-refractivity contribution in [3.05, 3.63) is 29.8 Å². The molecule has 30 heavy (non-hydrogen) atoms. The minimum absolute atomic E-state index is 0.0621. The highest BCUT2D eigenvalue weighted by Crippen LogP contribution is 2.47. The molecule has 4 rings (SSSR count). The number of anilines is 1. The number of para-hydroxylation sites is 1. The third kappa shape index (κ3) is 3.75. The molecule has 0 unspecified atom stereocenters. The van der Waals surface area contributed by atoms with Crippen LogP contribution >= 0.6 is 0 Å². The highest BCUT2D eigenvalue weighted by Gasteiger charge is 2.43. The molecule has 164 valence electrons. The van der Waals surface area contributed by atoms with Gasteiger partial charge in [-0.3, -0.25) is 4.90 Å². The first-order valence-corrected chi connectivity index (χ1v) is 11.1. The Morgan fingerprint density at radius 3 is 2.27 bits per heavy atom. The molecule has 0 saturated carbocycles. The number of nitrogens with zero attached hydrogens (tertiary/aromatic N) is 4. The summed E-state index contributed by atoms with van der Waals surface area (Å²) in [6, 6.07) is 9.10. The zero-order valence-corrected chi connectivity index (χ0v) is 18.5. The first-order valence-electron chi connectivity index (χ1n) is 11.1. The van der Waals surface area contributed by atoms with Gasteiger partial charge in [0.25, 0.3) is 0 Å². The molecule has 0 aromatic heterocycles. The molecule has 0 N–H and O–H groups in total. The summed E-state index contributed by atoms with van der Waals surface area (Å²) in [5, 5.41) is 0.